The van der Waals surface area contributed by atoms with Crippen LogP contribution in [-0.4, -0.2) is 19.6 Å². The van der Waals surface area contributed by atoms with Gasteiger partial charge in [0.1, 0.15) is 0 Å². The molecule has 0 atom stereocenters. The zero-order valence-corrected chi connectivity index (χ0v) is 6.91. The number of nitrogens with one attached hydrogen (secondary N) is 1. The zero-order chi connectivity index (χ0) is 4.83. The van der Waals surface area contributed by atoms with Crippen molar-refractivity contribution in [2.24, 2.45) is 5.73 Å². The van der Waals surface area contributed by atoms with E-state index in [1.807, 2.05) is 0 Å². The average Bonchev–Trinajstić information content (AvgIpc) is 1.61. The number of hydrogen-bond donors (Lipinski definition) is 2. The van der Waals surface area contributed by atoms with Gasteiger partial charge in [-0.15, -0.1) is 6.54 Å². The summed E-state index contributed by atoms with van der Waals surface area (Å²) in [6, 6.07) is 0. The molecule has 0 aliphatic heterocycles. The second kappa shape index (κ2) is 10.0. The van der Waals surface area contributed by atoms with Crippen LogP contribution in [0.1, 0.15) is 0 Å². The Morgan fingerprint density at radius 2 is 2.14 bits per heavy atom. The van der Waals surface area contributed by atoms with Gasteiger partial charge in [-0.1, -0.05) is 0 Å². The molecule has 3 N–H and O–H groups in total. The molecule has 3 heteroatoms. The summed E-state index contributed by atoms with van der Waals surface area (Å²) >= 11 is 0. The van der Waals surface area contributed by atoms with Crippen molar-refractivity contribution >= 4 is 0 Å². The van der Waals surface area contributed by atoms with Crippen molar-refractivity contribution in [1.82, 2.24) is 5.32 Å². The molecule has 0 aromatic rings. The first-order valence-electron chi connectivity index (χ1n) is 2.12. The molecule has 0 amide bonds. The van der Waals surface area contributed by atoms with Crippen molar-refractivity contribution in [3.05, 3.63) is 6.92 Å². The van der Waals surface area contributed by atoms with Gasteiger partial charge in [0, 0.05) is 13.1 Å². The van der Waals surface area contributed by atoms with Gasteiger partial charge in [-0.3, -0.25) is 0 Å². The molecule has 38 valence electrons. The molecule has 0 spiro atoms. The van der Waals surface area contributed by atoms with Crippen molar-refractivity contribution in [3.8, 4) is 0 Å². The summed E-state index contributed by atoms with van der Waals surface area (Å²) in [5, 5.41) is 2.96. The fraction of sp³-hybridized carbons (Fsp3) is 0.750. The van der Waals surface area contributed by atoms with Crippen molar-refractivity contribution in [3.63, 3.8) is 0 Å². The third kappa shape index (κ3) is 10.9. The van der Waals surface area contributed by atoms with E-state index in [4.69, 9.17) is 5.73 Å². The summed E-state index contributed by atoms with van der Waals surface area (Å²) in [6.45, 7) is 5.91. The average molecular weight is 110 g/mol. The summed E-state index contributed by atoms with van der Waals surface area (Å²) in [5.41, 5.74) is 5.12. The molecule has 0 rings (SSSR count). The molecule has 0 bridgehead atoms. The standard InChI is InChI=1S/C4H11N2.Na/c1-2-6-4-3-5;/h6H,1-5H2;/q-1;+1. The van der Waals surface area contributed by atoms with Crippen LogP contribution in [0, 0.1) is 6.92 Å². The van der Waals surface area contributed by atoms with Gasteiger partial charge in [0.2, 0.25) is 0 Å². The van der Waals surface area contributed by atoms with Crippen LogP contribution < -0.4 is 40.6 Å². The summed E-state index contributed by atoms with van der Waals surface area (Å²) in [7, 11) is 0. The van der Waals surface area contributed by atoms with Gasteiger partial charge in [-0.05, 0) is 0 Å². The first kappa shape index (κ1) is 10.8. The van der Waals surface area contributed by atoms with Crippen molar-refractivity contribution < 1.29 is 29.6 Å². The molecular weight excluding hydrogens is 99.0 g/mol. The quantitative estimate of drug-likeness (QED) is 0.223. The predicted octanol–water partition coefficient (Wildman–Crippen LogP) is -3.63. The minimum Gasteiger partial charge on any atom is -0.345 e. The molecule has 0 fully saturated rings. The van der Waals surface area contributed by atoms with E-state index in [0.717, 1.165) is 13.1 Å². The van der Waals surface area contributed by atoms with Crippen molar-refractivity contribution in [2.75, 3.05) is 19.6 Å². The SMILES string of the molecule is [CH2-]CNCCN.[Na+]. The Hall–Kier alpha value is 0.920. The van der Waals surface area contributed by atoms with E-state index < -0.39 is 0 Å². The Balaban J connectivity index is 0. The Labute approximate surface area is 67.1 Å². The Morgan fingerprint density at radius 1 is 1.57 bits per heavy atom. The number of nitrogens with two attached hydrogens (primary N) is 1. The zero-order valence-electron chi connectivity index (χ0n) is 4.91. The summed E-state index contributed by atoms with van der Waals surface area (Å²) in [6.07, 6.45) is 0. The maximum atomic E-state index is 5.12. The van der Waals surface area contributed by atoms with Crippen LogP contribution >= 0.6 is 0 Å². The minimum atomic E-state index is 0. The first-order valence-corrected chi connectivity index (χ1v) is 2.12. The molecule has 0 unspecified atom stereocenters. The van der Waals surface area contributed by atoms with E-state index in [9.17, 15) is 0 Å². The van der Waals surface area contributed by atoms with Crippen molar-refractivity contribution in [1.29, 1.82) is 0 Å². The van der Waals surface area contributed by atoms with Crippen LogP contribution in [0.5, 0.6) is 0 Å². The smallest absolute Gasteiger partial charge is 0.345 e. The van der Waals surface area contributed by atoms with Gasteiger partial charge in [0.15, 0.2) is 0 Å². The second-order valence-electron chi connectivity index (χ2n) is 1.04. The van der Waals surface area contributed by atoms with Crippen LogP contribution in [-0.2, 0) is 0 Å². The van der Waals surface area contributed by atoms with Crippen LogP contribution in [0.3, 0.4) is 0 Å². The maximum Gasteiger partial charge on any atom is 1.00 e. The maximum absolute atomic E-state index is 5.12. The predicted molar refractivity (Wildman–Crippen MR) is 27.3 cm³/mol. The summed E-state index contributed by atoms with van der Waals surface area (Å²) < 4.78 is 0. The second-order valence-corrected chi connectivity index (χ2v) is 1.04. The molecule has 0 heterocycles. The monoisotopic (exact) mass is 110 g/mol. The van der Waals surface area contributed by atoms with E-state index in [1.54, 1.807) is 0 Å². The van der Waals surface area contributed by atoms with Crippen LogP contribution in [0.2, 0.25) is 0 Å². The van der Waals surface area contributed by atoms with E-state index in [2.05, 4.69) is 12.2 Å². The minimum absolute atomic E-state index is 0. The third-order valence-electron chi connectivity index (χ3n) is 0.498. The van der Waals surface area contributed by atoms with Gasteiger partial charge in [0.25, 0.3) is 0 Å². The van der Waals surface area contributed by atoms with Crippen LogP contribution in [0.25, 0.3) is 0 Å². The molecule has 0 aromatic heterocycles. The molecule has 0 aliphatic carbocycles. The van der Waals surface area contributed by atoms with Gasteiger partial charge >= 0.3 is 29.6 Å². The molecule has 0 saturated carbocycles. The van der Waals surface area contributed by atoms with E-state index in [-0.39, 0.29) is 29.6 Å². The normalized spacial score (nSPS) is 7.71. The number of rotatable bonds is 3. The van der Waals surface area contributed by atoms with Gasteiger partial charge in [0.05, 0.1) is 0 Å². The fourth-order valence-corrected chi connectivity index (χ4v) is 0.227. The summed E-state index contributed by atoms with van der Waals surface area (Å²) in [4.78, 5) is 0. The Morgan fingerprint density at radius 3 is 2.29 bits per heavy atom. The Bertz CT molecular complexity index is 21.7. The molecular formula is C4H11N2Na. The third-order valence-corrected chi connectivity index (χ3v) is 0.498. The summed E-state index contributed by atoms with van der Waals surface area (Å²) in [5.74, 6) is 0. The van der Waals surface area contributed by atoms with Crippen LogP contribution in [0.15, 0.2) is 0 Å². The number of hydrogen-bond acceptors (Lipinski definition) is 2. The van der Waals surface area contributed by atoms with Gasteiger partial charge in [-0.25, -0.2) is 0 Å². The fourth-order valence-electron chi connectivity index (χ4n) is 0.227. The molecule has 7 heavy (non-hydrogen) atoms. The van der Waals surface area contributed by atoms with Gasteiger partial charge < -0.3 is 18.0 Å². The largest absolute Gasteiger partial charge is 1.00 e. The molecule has 0 radical (unpaired) electrons. The topological polar surface area (TPSA) is 38.0 Å². The van der Waals surface area contributed by atoms with E-state index >= 15 is 0 Å². The van der Waals surface area contributed by atoms with Crippen molar-refractivity contribution in [2.45, 2.75) is 0 Å². The van der Waals surface area contributed by atoms with Crippen LogP contribution in [0.4, 0.5) is 0 Å². The molecule has 2 nitrogen and oxygen atoms in total. The molecule has 0 aromatic carbocycles. The van der Waals surface area contributed by atoms with E-state index in [1.165, 1.54) is 0 Å². The van der Waals surface area contributed by atoms with E-state index in [0.29, 0.717) is 6.54 Å². The van der Waals surface area contributed by atoms with Gasteiger partial charge in [-0.2, -0.15) is 0 Å². The molecule has 0 aliphatic rings. The Kier molecular flexibility index (Phi) is 15.5. The molecule has 0 saturated heterocycles. The first-order chi connectivity index (χ1) is 2.91.